The predicted molar refractivity (Wildman–Crippen MR) is 141 cm³/mol. The molecule has 0 atom stereocenters. The summed E-state index contributed by atoms with van der Waals surface area (Å²) < 4.78 is 56.7. The molecule has 0 spiro atoms. The minimum Gasteiger partial charge on any atom is -0.272 e. The summed E-state index contributed by atoms with van der Waals surface area (Å²) in [5, 5.41) is 23.3. The highest BCUT2D eigenvalue weighted by molar-refractivity contribution is 7.93. The summed E-state index contributed by atoms with van der Waals surface area (Å²) in [6, 6.07) is 15.6. The van der Waals surface area contributed by atoms with Crippen molar-refractivity contribution < 1.29 is 26.7 Å². The quantitative estimate of drug-likeness (QED) is 0.228. The van der Waals surface area contributed by atoms with Crippen molar-refractivity contribution in [1.29, 1.82) is 0 Å². The maximum atomic E-state index is 13.1. The smallest absolute Gasteiger partial charge is 0.272 e. The fourth-order valence-electron chi connectivity index (χ4n) is 3.72. The third-order valence-electron chi connectivity index (χ3n) is 5.69. The van der Waals surface area contributed by atoms with E-state index in [1.54, 1.807) is 38.1 Å². The number of nitro benzene ring substituents is 2. The van der Waals surface area contributed by atoms with Crippen LogP contribution in [0.3, 0.4) is 0 Å². The first kappa shape index (κ1) is 26.5. The molecule has 0 fully saturated rings. The molecule has 0 saturated carbocycles. The van der Waals surface area contributed by atoms with Gasteiger partial charge in [0, 0.05) is 22.9 Å². The largest absolute Gasteiger partial charge is 0.293 e. The van der Waals surface area contributed by atoms with Crippen LogP contribution in [0.15, 0.2) is 82.6 Å². The van der Waals surface area contributed by atoms with Crippen molar-refractivity contribution >= 4 is 53.6 Å². The fourth-order valence-corrected chi connectivity index (χ4v) is 5.91. The third kappa shape index (κ3) is 5.12. The zero-order valence-electron chi connectivity index (χ0n) is 19.9. The molecule has 2 N–H and O–H groups in total. The van der Waals surface area contributed by atoms with Crippen LogP contribution in [0.4, 0.5) is 22.7 Å². The van der Waals surface area contributed by atoms with Gasteiger partial charge in [0.05, 0.1) is 19.6 Å². The number of nitro groups is 2. The minimum absolute atomic E-state index is 0.123. The van der Waals surface area contributed by atoms with Crippen LogP contribution in [0.1, 0.15) is 11.1 Å². The standard InChI is InChI=1S/C24H20N4O8S2/c1-15-3-7-17(8-4-15)37(33,34)25-23-19-11-14-22(28(31)32)24(20(19)12-13-21(23)27(29)30)26-38(35,36)18-9-5-16(2)6-10-18/h3-14,25-26H,1-2H3. The number of benzene rings is 4. The van der Waals surface area contributed by atoms with Gasteiger partial charge in [-0.1, -0.05) is 35.4 Å². The number of hydrogen-bond acceptors (Lipinski definition) is 8. The number of nitrogens with zero attached hydrogens (tertiary/aromatic N) is 2. The first-order valence-electron chi connectivity index (χ1n) is 10.9. The monoisotopic (exact) mass is 556 g/mol. The van der Waals surface area contributed by atoms with Gasteiger partial charge in [0.15, 0.2) is 0 Å². The summed E-state index contributed by atoms with van der Waals surface area (Å²) in [6.45, 7) is 3.51. The molecule has 0 aromatic heterocycles. The summed E-state index contributed by atoms with van der Waals surface area (Å²) in [5.74, 6) is 0. The van der Waals surface area contributed by atoms with Crippen LogP contribution >= 0.6 is 0 Å². The first-order chi connectivity index (χ1) is 17.8. The van der Waals surface area contributed by atoms with E-state index in [-0.39, 0.29) is 20.6 Å². The zero-order valence-corrected chi connectivity index (χ0v) is 21.5. The van der Waals surface area contributed by atoms with Gasteiger partial charge >= 0.3 is 0 Å². The molecule has 0 unspecified atom stereocenters. The number of aryl methyl sites for hydroxylation is 2. The SMILES string of the molecule is Cc1ccc(S(=O)(=O)Nc2c([N+](=O)[O-])ccc3c(NS(=O)(=O)c4ccc(C)cc4)c([N+](=O)[O-])ccc23)cc1. The van der Waals surface area contributed by atoms with Crippen LogP contribution in [0.5, 0.6) is 0 Å². The molecule has 4 aromatic rings. The Balaban J connectivity index is 1.94. The second kappa shape index (κ2) is 9.72. The maximum absolute atomic E-state index is 13.1. The Bertz CT molecular complexity index is 1670. The van der Waals surface area contributed by atoms with Gasteiger partial charge in [-0.2, -0.15) is 0 Å². The third-order valence-corrected chi connectivity index (χ3v) is 8.42. The zero-order chi connectivity index (χ0) is 27.8. The average Bonchev–Trinajstić information content (AvgIpc) is 2.84. The molecule has 4 rings (SSSR count). The Kier molecular flexibility index (Phi) is 6.78. The summed E-state index contributed by atoms with van der Waals surface area (Å²) >= 11 is 0. The van der Waals surface area contributed by atoms with Crippen molar-refractivity contribution in [3.05, 3.63) is 104 Å². The van der Waals surface area contributed by atoms with Gasteiger partial charge in [0.25, 0.3) is 31.4 Å². The number of fused-ring (bicyclic) bond motifs is 1. The van der Waals surface area contributed by atoms with Crippen molar-refractivity contribution in [3.8, 4) is 0 Å². The van der Waals surface area contributed by atoms with E-state index < -0.39 is 52.6 Å². The van der Waals surface area contributed by atoms with Crippen LogP contribution in [0.2, 0.25) is 0 Å². The molecule has 0 aliphatic heterocycles. The maximum Gasteiger partial charge on any atom is 0.293 e. The number of anilines is 2. The summed E-state index contributed by atoms with van der Waals surface area (Å²) in [7, 11) is -8.65. The molecule has 0 amide bonds. The fraction of sp³-hybridized carbons (Fsp3) is 0.0833. The minimum atomic E-state index is -4.33. The van der Waals surface area contributed by atoms with Crippen LogP contribution in [0.25, 0.3) is 10.8 Å². The highest BCUT2D eigenvalue weighted by Crippen LogP contribution is 2.42. The molecular formula is C24H20N4O8S2. The molecule has 0 radical (unpaired) electrons. The Hall–Kier alpha value is -4.56. The highest BCUT2D eigenvalue weighted by atomic mass is 32.2. The van der Waals surface area contributed by atoms with Gasteiger partial charge in [-0.3, -0.25) is 29.7 Å². The van der Waals surface area contributed by atoms with Crippen molar-refractivity contribution in [2.24, 2.45) is 0 Å². The molecule has 196 valence electrons. The van der Waals surface area contributed by atoms with Crippen LogP contribution < -0.4 is 9.44 Å². The van der Waals surface area contributed by atoms with Gasteiger partial charge in [0.2, 0.25) is 0 Å². The van der Waals surface area contributed by atoms with Crippen LogP contribution in [-0.4, -0.2) is 26.7 Å². The number of nitrogens with one attached hydrogen (secondary N) is 2. The van der Waals surface area contributed by atoms with E-state index in [9.17, 15) is 37.1 Å². The van der Waals surface area contributed by atoms with E-state index in [4.69, 9.17) is 0 Å². The topological polar surface area (TPSA) is 179 Å². The molecule has 0 heterocycles. The van der Waals surface area contributed by atoms with Crippen LogP contribution in [0, 0.1) is 34.1 Å². The second-order valence-electron chi connectivity index (χ2n) is 8.37. The Morgan fingerprint density at radius 3 is 1.16 bits per heavy atom. The van der Waals surface area contributed by atoms with E-state index in [0.29, 0.717) is 0 Å². The molecule has 0 aliphatic rings. The lowest BCUT2D eigenvalue weighted by Crippen LogP contribution is -2.16. The molecule has 0 bridgehead atoms. The van der Waals surface area contributed by atoms with Gasteiger partial charge in [-0.15, -0.1) is 0 Å². The van der Waals surface area contributed by atoms with E-state index in [2.05, 4.69) is 9.44 Å². The summed E-state index contributed by atoms with van der Waals surface area (Å²) in [5.41, 5.74) is -0.628. The van der Waals surface area contributed by atoms with Crippen molar-refractivity contribution in [1.82, 2.24) is 0 Å². The number of sulfonamides is 2. The lowest BCUT2D eigenvalue weighted by atomic mass is 10.0. The molecular weight excluding hydrogens is 536 g/mol. The van der Waals surface area contributed by atoms with E-state index in [0.717, 1.165) is 35.4 Å². The van der Waals surface area contributed by atoms with E-state index in [1.165, 1.54) is 24.3 Å². The predicted octanol–water partition coefficient (Wildman–Crippen LogP) is 4.87. The Morgan fingerprint density at radius 2 is 0.868 bits per heavy atom. The highest BCUT2D eigenvalue weighted by Gasteiger charge is 2.28. The Morgan fingerprint density at radius 1 is 0.553 bits per heavy atom. The number of hydrogen-bond donors (Lipinski definition) is 2. The van der Waals surface area contributed by atoms with Gasteiger partial charge in [-0.25, -0.2) is 16.8 Å². The lowest BCUT2D eigenvalue weighted by molar-refractivity contribution is -0.384. The summed E-state index contributed by atoms with van der Waals surface area (Å²) in [4.78, 5) is 21.6. The van der Waals surface area contributed by atoms with Gasteiger partial charge < -0.3 is 0 Å². The molecule has 14 heteroatoms. The van der Waals surface area contributed by atoms with Crippen LogP contribution in [-0.2, 0) is 20.0 Å². The van der Waals surface area contributed by atoms with Gasteiger partial charge in [0.1, 0.15) is 11.4 Å². The van der Waals surface area contributed by atoms with Crippen molar-refractivity contribution in [2.45, 2.75) is 23.6 Å². The first-order valence-corrected chi connectivity index (χ1v) is 13.8. The molecule has 12 nitrogen and oxygen atoms in total. The van der Waals surface area contributed by atoms with Crippen molar-refractivity contribution in [3.63, 3.8) is 0 Å². The molecule has 38 heavy (non-hydrogen) atoms. The van der Waals surface area contributed by atoms with E-state index in [1.807, 2.05) is 0 Å². The Labute approximate surface area is 217 Å². The lowest BCUT2D eigenvalue weighted by Gasteiger charge is -2.15. The molecule has 0 aliphatic carbocycles. The molecule has 4 aromatic carbocycles. The second-order valence-corrected chi connectivity index (χ2v) is 11.7. The normalized spacial score (nSPS) is 11.7. The molecule has 0 saturated heterocycles. The number of rotatable bonds is 8. The van der Waals surface area contributed by atoms with Gasteiger partial charge in [-0.05, 0) is 50.2 Å². The summed E-state index contributed by atoms with van der Waals surface area (Å²) in [6.07, 6.45) is 0. The van der Waals surface area contributed by atoms with Crippen molar-refractivity contribution in [2.75, 3.05) is 9.44 Å². The average molecular weight is 557 g/mol. The van der Waals surface area contributed by atoms with E-state index >= 15 is 0 Å².